The van der Waals surface area contributed by atoms with Crippen LogP contribution in [0.3, 0.4) is 0 Å². The number of hydrogen-bond donors (Lipinski definition) is 1. The van der Waals surface area contributed by atoms with E-state index in [1.54, 1.807) is 6.08 Å². The molecule has 0 aromatic carbocycles. The van der Waals surface area contributed by atoms with Crippen LogP contribution >= 0.6 is 23.4 Å². The van der Waals surface area contributed by atoms with E-state index in [2.05, 4.69) is 11.6 Å². The Kier molecular flexibility index (Phi) is 4.07. The Hall–Kier alpha value is -1.000. The predicted molar refractivity (Wildman–Crippen MR) is 75.8 cm³/mol. The Balaban J connectivity index is 2.08. The molecule has 17 heavy (non-hydrogen) atoms. The highest BCUT2D eigenvalue weighted by Gasteiger charge is 2.27. The number of fused-ring (bicyclic) bond motifs is 1. The normalized spacial score (nSPS) is 22.8. The highest BCUT2D eigenvalue weighted by molar-refractivity contribution is 8.17. The molecular weight excluding hydrogens is 254 g/mol. The second-order valence-corrected chi connectivity index (χ2v) is 5.37. The molecule has 2 heterocycles. The van der Waals surface area contributed by atoms with Gasteiger partial charge in [-0.2, -0.15) is 0 Å². The van der Waals surface area contributed by atoms with Crippen molar-refractivity contribution in [3.63, 3.8) is 0 Å². The van der Waals surface area contributed by atoms with Crippen molar-refractivity contribution < 1.29 is 0 Å². The molecule has 2 aliphatic heterocycles. The molecule has 5 heteroatoms. The molecule has 0 aliphatic carbocycles. The lowest BCUT2D eigenvalue weighted by Gasteiger charge is -2.26. The van der Waals surface area contributed by atoms with E-state index in [-0.39, 0.29) is 0 Å². The maximum atomic E-state index is 7.91. The summed E-state index contributed by atoms with van der Waals surface area (Å²) in [5, 5.41) is 9.23. The van der Waals surface area contributed by atoms with Gasteiger partial charge in [0.25, 0.3) is 0 Å². The van der Waals surface area contributed by atoms with Gasteiger partial charge in [0.2, 0.25) is 0 Å². The van der Waals surface area contributed by atoms with E-state index in [1.165, 1.54) is 11.8 Å². The summed E-state index contributed by atoms with van der Waals surface area (Å²) in [4.78, 5) is 7.49. The van der Waals surface area contributed by atoms with E-state index in [9.17, 15) is 0 Å². The van der Waals surface area contributed by atoms with Crippen LogP contribution in [-0.2, 0) is 0 Å². The van der Waals surface area contributed by atoms with Crippen molar-refractivity contribution in [2.45, 2.75) is 12.8 Å². The van der Waals surface area contributed by atoms with Crippen molar-refractivity contribution in [1.82, 2.24) is 4.90 Å². The van der Waals surface area contributed by atoms with Gasteiger partial charge in [0, 0.05) is 29.3 Å². The van der Waals surface area contributed by atoms with Crippen molar-refractivity contribution in [3.8, 4) is 0 Å². The molecule has 0 saturated carbocycles. The van der Waals surface area contributed by atoms with Crippen LogP contribution in [0.5, 0.6) is 0 Å². The Labute approximate surface area is 110 Å². The SMILES string of the molecule is C=CC/C(Cl)=C\C=C1/CC2=NCCN2C(=N)S1. The Morgan fingerprint density at radius 3 is 3.24 bits per heavy atom. The molecular formula is C12H14ClN3S. The second-order valence-electron chi connectivity index (χ2n) is 3.77. The number of amidine groups is 2. The monoisotopic (exact) mass is 267 g/mol. The minimum atomic E-state index is 0.562. The lowest BCUT2D eigenvalue weighted by Crippen LogP contribution is -2.35. The fraction of sp³-hybridized carbons (Fsp3) is 0.333. The molecule has 0 aromatic heterocycles. The first-order valence-corrected chi connectivity index (χ1v) is 6.63. The first-order valence-electron chi connectivity index (χ1n) is 5.44. The Bertz CT molecular complexity index is 437. The van der Waals surface area contributed by atoms with Crippen molar-refractivity contribution in [2.75, 3.05) is 13.1 Å². The summed E-state index contributed by atoms with van der Waals surface area (Å²) in [6, 6.07) is 0. The molecule has 1 fully saturated rings. The summed E-state index contributed by atoms with van der Waals surface area (Å²) in [6.07, 6.45) is 7.12. The van der Waals surface area contributed by atoms with Crippen LogP contribution in [-0.4, -0.2) is 29.0 Å². The van der Waals surface area contributed by atoms with Gasteiger partial charge in [0.15, 0.2) is 5.17 Å². The number of nitrogens with one attached hydrogen (secondary N) is 1. The van der Waals surface area contributed by atoms with Gasteiger partial charge in [0.05, 0.1) is 6.54 Å². The third-order valence-corrected chi connectivity index (χ3v) is 3.76. The molecule has 0 bridgehead atoms. The summed E-state index contributed by atoms with van der Waals surface area (Å²) in [7, 11) is 0. The Morgan fingerprint density at radius 1 is 1.65 bits per heavy atom. The lowest BCUT2D eigenvalue weighted by atomic mass is 10.3. The van der Waals surface area contributed by atoms with Crippen molar-refractivity contribution in [2.24, 2.45) is 4.99 Å². The average molecular weight is 268 g/mol. The van der Waals surface area contributed by atoms with E-state index in [1.807, 2.05) is 17.1 Å². The molecule has 90 valence electrons. The Morgan fingerprint density at radius 2 is 2.47 bits per heavy atom. The average Bonchev–Trinajstić information content (AvgIpc) is 2.75. The number of aliphatic imine (C=N–C) groups is 1. The largest absolute Gasteiger partial charge is 0.307 e. The molecule has 0 aromatic rings. The van der Waals surface area contributed by atoms with Gasteiger partial charge in [-0.3, -0.25) is 10.4 Å². The minimum Gasteiger partial charge on any atom is -0.307 e. The summed E-state index contributed by atoms with van der Waals surface area (Å²) in [6.45, 7) is 5.29. The van der Waals surface area contributed by atoms with Crippen LogP contribution in [0.1, 0.15) is 12.8 Å². The lowest BCUT2D eigenvalue weighted by molar-refractivity contribution is 0.662. The maximum Gasteiger partial charge on any atom is 0.166 e. The van der Waals surface area contributed by atoms with Crippen LogP contribution in [0.4, 0.5) is 0 Å². The number of allylic oxidation sites excluding steroid dienone is 4. The topological polar surface area (TPSA) is 39.5 Å². The summed E-state index contributed by atoms with van der Waals surface area (Å²) >= 11 is 7.47. The van der Waals surface area contributed by atoms with Gasteiger partial charge in [-0.05, 0) is 6.08 Å². The van der Waals surface area contributed by atoms with Crippen LogP contribution in [0.25, 0.3) is 0 Å². The predicted octanol–water partition coefficient (Wildman–Crippen LogP) is 3.35. The summed E-state index contributed by atoms with van der Waals surface area (Å²) in [5.41, 5.74) is 0. The van der Waals surface area contributed by atoms with Crippen LogP contribution in [0, 0.1) is 5.41 Å². The maximum absolute atomic E-state index is 7.91. The molecule has 2 aliphatic rings. The zero-order valence-electron chi connectivity index (χ0n) is 9.45. The number of thioether (sulfide) groups is 1. The first-order chi connectivity index (χ1) is 8.20. The highest BCUT2D eigenvalue weighted by atomic mass is 35.5. The number of hydrogen-bond acceptors (Lipinski definition) is 3. The van der Waals surface area contributed by atoms with E-state index in [0.717, 1.165) is 35.3 Å². The van der Waals surface area contributed by atoms with Gasteiger partial charge in [0.1, 0.15) is 5.84 Å². The van der Waals surface area contributed by atoms with Crippen molar-refractivity contribution >= 4 is 34.4 Å². The van der Waals surface area contributed by atoms with Crippen molar-refractivity contribution in [1.29, 1.82) is 5.41 Å². The second kappa shape index (κ2) is 5.56. The van der Waals surface area contributed by atoms with E-state index in [0.29, 0.717) is 11.6 Å². The molecule has 0 amide bonds. The number of halogens is 1. The molecule has 1 saturated heterocycles. The summed E-state index contributed by atoms with van der Waals surface area (Å²) in [5.74, 6) is 1.01. The van der Waals surface area contributed by atoms with Crippen LogP contribution in [0.2, 0.25) is 0 Å². The quantitative estimate of drug-likeness (QED) is 0.797. The zero-order valence-corrected chi connectivity index (χ0v) is 11.0. The fourth-order valence-corrected chi connectivity index (χ4v) is 2.78. The third kappa shape index (κ3) is 3.01. The van der Waals surface area contributed by atoms with Crippen molar-refractivity contribution in [3.05, 3.63) is 34.7 Å². The molecule has 3 nitrogen and oxygen atoms in total. The molecule has 0 atom stereocenters. The van der Waals surface area contributed by atoms with Gasteiger partial charge in [-0.15, -0.1) is 6.58 Å². The molecule has 0 spiro atoms. The highest BCUT2D eigenvalue weighted by Crippen LogP contribution is 2.31. The van der Waals surface area contributed by atoms with Crippen LogP contribution < -0.4 is 0 Å². The van der Waals surface area contributed by atoms with Gasteiger partial charge >= 0.3 is 0 Å². The van der Waals surface area contributed by atoms with E-state index < -0.39 is 0 Å². The number of nitrogens with zero attached hydrogens (tertiary/aromatic N) is 2. The zero-order chi connectivity index (χ0) is 12.3. The molecule has 0 unspecified atom stereocenters. The van der Waals surface area contributed by atoms with Gasteiger partial charge in [-0.1, -0.05) is 35.5 Å². The standard InChI is InChI=1S/C12H14ClN3S/c1-2-3-9(13)4-5-10-8-11-15-6-7-16(11)12(14)17-10/h2,4-5,14H,1,3,6-8H2/b9-4+,10-5+,14-12?. The minimum absolute atomic E-state index is 0.562. The number of rotatable bonds is 3. The van der Waals surface area contributed by atoms with Crippen LogP contribution in [0.15, 0.2) is 39.7 Å². The van der Waals surface area contributed by atoms with E-state index in [4.69, 9.17) is 17.0 Å². The fourth-order valence-electron chi connectivity index (χ4n) is 1.72. The third-order valence-electron chi connectivity index (χ3n) is 2.52. The molecule has 2 rings (SSSR count). The first kappa shape index (κ1) is 12.5. The molecule has 1 N–H and O–H groups in total. The van der Waals surface area contributed by atoms with E-state index >= 15 is 0 Å². The smallest absolute Gasteiger partial charge is 0.166 e. The van der Waals surface area contributed by atoms with Gasteiger partial charge < -0.3 is 4.90 Å². The molecule has 0 radical (unpaired) electrons. The summed E-state index contributed by atoms with van der Waals surface area (Å²) < 4.78 is 0. The van der Waals surface area contributed by atoms with Gasteiger partial charge in [-0.25, -0.2) is 0 Å².